The lowest BCUT2D eigenvalue weighted by atomic mass is 9.81. The first-order valence-corrected chi connectivity index (χ1v) is 8.29. The van der Waals surface area contributed by atoms with Crippen LogP contribution >= 0.6 is 0 Å². The minimum Gasteiger partial charge on any atom is -0.493 e. The first-order chi connectivity index (χ1) is 10.1. The van der Waals surface area contributed by atoms with Gasteiger partial charge in [-0.3, -0.25) is 0 Å². The molecule has 0 aliphatic carbocycles. The minimum absolute atomic E-state index is 0.0186. The number of rotatable bonds is 6. The Kier molecular flexibility index (Phi) is 6.45. The summed E-state index contributed by atoms with van der Waals surface area (Å²) in [6.07, 6.45) is 0.146. The van der Waals surface area contributed by atoms with Crippen LogP contribution in [0.25, 0.3) is 0 Å². The van der Waals surface area contributed by atoms with Crippen molar-refractivity contribution < 1.29 is 9.84 Å². The van der Waals surface area contributed by atoms with Crippen LogP contribution in [0, 0.1) is 6.92 Å². The van der Waals surface area contributed by atoms with E-state index in [0.29, 0.717) is 13.0 Å². The fourth-order valence-electron chi connectivity index (χ4n) is 2.73. The highest BCUT2D eigenvalue weighted by Gasteiger charge is 2.25. The van der Waals surface area contributed by atoms with Crippen LogP contribution in [0.15, 0.2) is 12.1 Å². The van der Waals surface area contributed by atoms with Crippen LogP contribution in [0.4, 0.5) is 0 Å². The molecule has 1 aromatic rings. The Hall–Kier alpha value is -1.06. The number of benzene rings is 1. The van der Waals surface area contributed by atoms with Gasteiger partial charge in [0.25, 0.3) is 0 Å². The first-order valence-electron chi connectivity index (χ1n) is 8.29. The van der Waals surface area contributed by atoms with Crippen molar-refractivity contribution in [3.63, 3.8) is 0 Å². The van der Waals surface area contributed by atoms with Crippen molar-refractivity contribution >= 4 is 0 Å². The lowest BCUT2D eigenvalue weighted by Crippen LogP contribution is -2.32. The predicted molar refractivity (Wildman–Crippen MR) is 93.7 cm³/mol. The minimum atomic E-state index is -0.497. The number of aliphatic hydroxyl groups is 1. The molecule has 0 aliphatic rings. The highest BCUT2D eigenvalue weighted by atomic mass is 16.5. The molecule has 0 fully saturated rings. The van der Waals surface area contributed by atoms with Crippen LogP contribution in [0.3, 0.4) is 0 Å². The fraction of sp³-hybridized carbons (Fsp3) is 0.684. The molecule has 1 rings (SSSR count). The number of aliphatic hydroxyl groups excluding tert-OH is 1. The van der Waals surface area contributed by atoms with Crippen LogP contribution in [0.2, 0.25) is 0 Å². The van der Waals surface area contributed by atoms with Crippen molar-refractivity contribution in [1.29, 1.82) is 0 Å². The highest BCUT2D eigenvalue weighted by molar-refractivity contribution is 5.49. The van der Waals surface area contributed by atoms with Crippen molar-refractivity contribution in [2.24, 2.45) is 5.73 Å². The topological polar surface area (TPSA) is 55.5 Å². The molecule has 0 heterocycles. The maximum absolute atomic E-state index is 10.1. The van der Waals surface area contributed by atoms with Crippen molar-refractivity contribution in [3.05, 3.63) is 28.8 Å². The summed E-state index contributed by atoms with van der Waals surface area (Å²) < 4.78 is 6.00. The van der Waals surface area contributed by atoms with Gasteiger partial charge in [-0.1, -0.05) is 45.4 Å². The summed E-state index contributed by atoms with van der Waals surface area (Å²) in [4.78, 5) is 0. The molecule has 0 saturated carbocycles. The second kappa shape index (κ2) is 7.47. The number of ether oxygens (including phenoxy) is 1. The number of aryl methyl sites for hydroxylation is 1. The van der Waals surface area contributed by atoms with Crippen molar-refractivity contribution in [3.8, 4) is 5.75 Å². The zero-order valence-electron chi connectivity index (χ0n) is 15.2. The quantitative estimate of drug-likeness (QED) is 0.838. The summed E-state index contributed by atoms with van der Waals surface area (Å²) in [7, 11) is 0. The van der Waals surface area contributed by atoms with Crippen molar-refractivity contribution in [2.75, 3.05) is 6.61 Å². The van der Waals surface area contributed by atoms with Crippen molar-refractivity contribution in [1.82, 2.24) is 0 Å². The number of nitrogens with two attached hydrogens (primary N) is 1. The molecule has 3 atom stereocenters. The van der Waals surface area contributed by atoms with Gasteiger partial charge in [0.05, 0.1) is 12.7 Å². The molecular formula is C19H33NO2. The Morgan fingerprint density at radius 3 is 2.27 bits per heavy atom. The largest absolute Gasteiger partial charge is 0.493 e. The Balaban J connectivity index is 3.30. The van der Waals surface area contributed by atoms with E-state index in [2.05, 4.69) is 46.8 Å². The summed E-state index contributed by atoms with van der Waals surface area (Å²) in [6, 6.07) is 4.17. The highest BCUT2D eigenvalue weighted by Crippen LogP contribution is 2.39. The van der Waals surface area contributed by atoms with Gasteiger partial charge < -0.3 is 15.6 Å². The van der Waals surface area contributed by atoms with Gasteiger partial charge in [0.15, 0.2) is 0 Å². The Bertz CT molecular complexity index is 489. The zero-order chi connectivity index (χ0) is 17.1. The van der Waals surface area contributed by atoms with Crippen LogP contribution in [-0.4, -0.2) is 23.9 Å². The number of hydrogen-bond donors (Lipinski definition) is 2. The maximum Gasteiger partial charge on any atom is 0.126 e. The van der Waals surface area contributed by atoms with Gasteiger partial charge in [0.1, 0.15) is 5.75 Å². The molecule has 0 aliphatic heterocycles. The molecule has 3 nitrogen and oxygen atoms in total. The zero-order valence-corrected chi connectivity index (χ0v) is 15.2. The fourth-order valence-corrected chi connectivity index (χ4v) is 2.73. The van der Waals surface area contributed by atoms with Crippen LogP contribution in [-0.2, 0) is 5.41 Å². The van der Waals surface area contributed by atoms with Gasteiger partial charge in [-0.2, -0.15) is 0 Å². The van der Waals surface area contributed by atoms with E-state index in [1.54, 1.807) is 0 Å². The third-order valence-corrected chi connectivity index (χ3v) is 4.09. The second-order valence-corrected chi connectivity index (χ2v) is 7.48. The average molecular weight is 307 g/mol. The molecule has 3 unspecified atom stereocenters. The van der Waals surface area contributed by atoms with Crippen molar-refractivity contribution in [2.45, 2.75) is 78.4 Å². The van der Waals surface area contributed by atoms with E-state index in [9.17, 15) is 5.11 Å². The predicted octanol–water partition coefficient (Wildman–Crippen LogP) is 3.89. The monoisotopic (exact) mass is 307 g/mol. The second-order valence-electron chi connectivity index (χ2n) is 7.48. The molecule has 0 radical (unpaired) electrons. The molecular weight excluding hydrogens is 274 g/mol. The van der Waals surface area contributed by atoms with Gasteiger partial charge in [0, 0.05) is 11.6 Å². The summed E-state index contributed by atoms with van der Waals surface area (Å²) in [6.45, 7) is 15.4. The lowest BCUT2D eigenvalue weighted by molar-refractivity contribution is 0.134. The summed E-state index contributed by atoms with van der Waals surface area (Å²) in [5.41, 5.74) is 9.45. The van der Waals surface area contributed by atoms with E-state index in [1.807, 2.05) is 13.8 Å². The molecule has 0 spiro atoms. The Morgan fingerprint density at radius 1 is 1.23 bits per heavy atom. The van der Waals surface area contributed by atoms with E-state index in [1.165, 1.54) is 16.7 Å². The normalized spacial score (nSPS) is 16.2. The molecule has 3 N–H and O–H groups in total. The van der Waals surface area contributed by atoms with E-state index in [-0.39, 0.29) is 17.4 Å². The molecule has 126 valence electrons. The Labute approximate surface area is 135 Å². The maximum atomic E-state index is 10.1. The molecule has 0 amide bonds. The summed E-state index contributed by atoms with van der Waals surface area (Å²) in [5, 5.41) is 10.1. The van der Waals surface area contributed by atoms with Gasteiger partial charge in [0.2, 0.25) is 0 Å². The van der Waals surface area contributed by atoms with E-state index in [0.717, 1.165) is 5.75 Å². The molecule has 3 heteroatoms. The molecule has 0 saturated heterocycles. The van der Waals surface area contributed by atoms with E-state index >= 15 is 0 Å². The van der Waals surface area contributed by atoms with Gasteiger partial charge in [-0.15, -0.1) is 0 Å². The third-order valence-electron chi connectivity index (χ3n) is 4.09. The smallest absolute Gasteiger partial charge is 0.126 e. The lowest BCUT2D eigenvalue weighted by Gasteiger charge is -2.28. The summed E-state index contributed by atoms with van der Waals surface area (Å²) >= 11 is 0. The van der Waals surface area contributed by atoms with Crippen LogP contribution in [0.5, 0.6) is 5.75 Å². The Morgan fingerprint density at radius 2 is 1.82 bits per heavy atom. The van der Waals surface area contributed by atoms with Gasteiger partial charge in [-0.05, 0) is 44.1 Å². The SMILES string of the molecule is CCOc1c(C(C)CC(O)C(C)N)cc(C)cc1C(C)(C)C. The molecule has 1 aromatic carbocycles. The van der Waals surface area contributed by atoms with Crippen LogP contribution in [0.1, 0.15) is 70.6 Å². The average Bonchev–Trinajstić information content (AvgIpc) is 2.38. The van der Waals surface area contributed by atoms with Gasteiger partial charge >= 0.3 is 0 Å². The molecule has 0 aromatic heterocycles. The third kappa shape index (κ3) is 4.72. The van der Waals surface area contributed by atoms with Gasteiger partial charge in [-0.25, -0.2) is 0 Å². The van der Waals surface area contributed by atoms with E-state index < -0.39 is 6.10 Å². The molecule has 22 heavy (non-hydrogen) atoms. The number of hydrogen-bond acceptors (Lipinski definition) is 3. The van der Waals surface area contributed by atoms with E-state index in [4.69, 9.17) is 10.5 Å². The first kappa shape index (κ1) is 19.0. The molecule has 0 bridgehead atoms. The standard InChI is InChI=1S/C19H33NO2/c1-8-22-18-15(13(3)11-17(21)14(4)20)9-12(2)10-16(18)19(5,6)7/h9-10,13-14,17,21H,8,11,20H2,1-7H3. The summed E-state index contributed by atoms with van der Waals surface area (Å²) in [5.74, 6) is 1.17. The van der Waals surface area contributed by atoms with Crippen LogP contribution < -0.4 is 10.5 Å².